The van der Waals surface area contributed by atoms with E-state index in [9.17, 15) is 9.18 Å². The van der Waals surface area contributed by atoms with E-state index in [-0.39, 0.29) is 23.7 Å². The number of rotatable bonds is 3. The smallest absolute Gasteiger partial charge is 0.189 e. The second-order valence-electron chi connectivity index (χ2n) is 3.20. The number of halogens is 2. The molecule has 0 saturated heterocycles. The molecule has 0 bridgehead atoms. The van der Waals surface area contributed by atoms with Gasteiger partial charge in [-0.3, -0.25) is 4.79 Å². The highest BCUT2D eigenvalue weighted by Crippen LogP contribution is 2.17. The summed E-state index contributed by atoms with van der Waals surface area (Å²) in [6, 6.07) is 4.46. The van der Waals surface area contributed by atoms with Gasteiger partial charge in [-0.1, -0.05) is 6.07 Å². The first-order valence-corrected chi connectivity index (χ1v) is 5.29. The Morgan fingerprint density at radius 2 is 2.31 bits per heavy atom. The lowest BCUT2D eigenvalue weighted by molar-refractivity contribution is 0.0988. The monoisotopic (exact) mass is 283 g/mol. The average molecular weight is 284 g/mol. The van der Waals surface area contributed by atoms with Gasteiger partial charge in [0.1, 0.15) is 11.5 Å². The molecule has 1 N–H and O–H groups in total. The molecule has 1 aromatic heterocycles. The van der Waals surface area contributed by atoms with E-state index in [0.717, 1.165) is 5.56 Å². The van der Waals surface area contributed by atoms with Gasteiger partial charge in [0, 0.05) is 6.42 Å². The molecule has 2 aromatic rings. The lowest BCUT2D eigenvalue weighted by Crippen LogP contribution is -2.04. The summed E-state index contributed by atoms with van der Waals surface area (Å²) in [7, 11) is 0. The Morgan fingerprint density at radius 1 is 1.50 bits per heavy atom. The van der Waals surface area contributed by atoms with Crippen LogP contribution in [0, 0.1) is 5.82 Å². The molecular formula is C10H7BrFN3O. The molecule has 4 nitrogen and oxygen atoms in total. The molecule has 0 radical (unpaired) electrons. The topological polar surface area (TPSA) is 58.6 Å². The maximum absolute atomic E-state index is 13.0. The van der Waals surface area contributed by atoms with Gasteiger partial charge in [-0.25, -0.2) is 4.39 Å². The molecule has 0 amide bonds. The molecule has 1 heterocycles. The van der Waals surface area contributed by atoms with E-state index in [0.29, 0.717) is 4.47 Å². The Hall–Kier alpha value is -1.56. The Bertz CT molecular complexity index is 513. The highest BCUT2D eigenvalue weighted by molar-refractivity contribution is 9.10. The molecule has 0 spiro atoms. The SMILES string of the molecule is O=C(Cc1ccc(F)c(Br)c1)c1cn[nH]n1. The van der Waals surface area contributed by atoms with E-state index in [1.807, 2.05) is 0 Å². The fraction of sp³-hybridized carbons (Fsp3) is 0.100. The predicted molar refractivity (Wildman–Crippen MR) is 58.5 cm³/mol. The summed E-state index contributed by atoms with van der Waals surface area (Å²) in [5.74, 6) is -0.509. The minimum Gasteiger partial charge on any atom is -0.292 e. The first kappa shape index (κ1) is 10.9. The van der Waals surface area contributed by atoms with Crippen LogP contribution < -0.4 is 0 Å². The summed E-state index contributed by atoms with van der Waals surface area (Å²) in [4.78, 5) is 11.6. The number of benzene rings is 1. The first-order chi connectivity index (χ1) is 7.66. The quantitative estimate of drug-likeness (QED) is 0.878. The number of nitrogens with one attached hydrogen (secondary N) is 1. The predicted octanol–water partition coefficient (Wildman–Crippen LogP) is 2.13. The summed E-state index contributed by atoms with van der Waals surface area (Å²) >= 11 is 3.06. The van der Waals surface area contributed by atoms with Crippen LogP contribution in [0.25, 0.3) is 0 Å². The van der Waals surface area contributed by atoms with Crippen molar-refractivity contribution in [2.45, 2.75) is 6.42 Å². The maximum Gasteiger partial charge on any atom is 0.189 e. The zero-order chi connectivity index (χ0) is 11.5. The summed E-state index contributed by atoms with van der Waals surface area (Å²) < 4.78 is 13.3. The third-order valence-electron chi connectivity index (χ3n) is 2.05. The van der Waals surface area contributed by atoms with Crippen LogP contribution in [0.2, 0.25) is 0 Å². The number of carbonyl (C=O) groups excluding carboxylic acids is 1. The molecule has 0 aliphatic carbocycles. The van der Waals surface area contributed by atoms with Crippen molar-refractivity contribution >= 4 is 21.7 Å². The van der Waals surface area contributed by atoms with E-state index in [2.05, 4.69) is 31.3 Å². The summed E-state index contributed by atoms with van der Waals surface area (Å²) in [5, 5.41) is 9.60. The molecule has 16 heavy (non-hydrogen) atoms. The summed E-state index contributed by atoms with van der Waals surface area (Å²) in [5.41, 5.74) is 1.00. The third kappa shape index (κ3) is 2.33. The Kier molecular flexibility index (Phi) is 3.09. The highest BCUT2D eigenvalue weighted by Gasteiger charge is 2.10. The minimum absolute atomic E-state index is 0.160. The van der Waals surface area contributed by atoms with E-state index in [1.165, 1.54) is 12.3 Å². The van der Waals surface area contributed by atoms with Crippen LogP contribution >= 0.6 is 15.9 Å². The number of aromatic amines is 1. The molecule has 0 atom stereocenters. The van der Waals surface area contributed by atoms with Crippen LogP contribution in [0.4, 0.5) is 4.39 Å². The molecule has 0 saturated carbocycles. The Morgan fingerprint density at radius 3 is 2.94 bits per heavy atom. The van der Waals surface area contributed by atoms with Crippen LogP contribution in [0.5, 0.6) is 0 Å². The highest BCUT2D eigenvalue weighted by atomic mass is 79.9. The molecular weight excluding hydrogens is 277 g/mol. The molecule has 82 valence electrons. The Balaban J connectivity index is 2.15. The van der Waals surface area contributed by atoms with Gasteiger partial charge in [-0.2, -0.15) is 15.4 Å². The van der Waals surface area contributed by atoms with Gasteiger partial charge in [0.15, 0.2) is 5.78 Å². The van der Waals surface area contributed by atoms with Crippen LogP contribution in [-0.4, -0.2) is 21.2 Å². The van der Waals surface area contributed by atoms with E-state index >= 15 is 0 Å². The maximum atomic E-state index is 13.0. The van der Waals surface area contributed by atoms with Gasteiger partial charge in [0.05, 0.1) is 10.7 Å². The number of hydrogen-bond donors (Lipinski definition) is 1. The number of ketones is 1. The van der Waals surface area contributed by atoms with Crippen molar-refractivity contribution in [3.63, 3.8) is 0 Å². The molecule has 1 aromatic carbocycles. The average Bonchev–Trinajstić information content (AvgIpc) is 2.77. The van der Waals surface area contributed by atoms with Crippen molar-refractivity contribution in [2.75, 3.05) is 0 Å². The second-order valence-corrected chi connectivity index (χ2v) is 4.06. The van der Waals surface area contributed by atoms with Crippen molar-refractivity contribution in [3.8, 4) is 0 Å². The fourth-order valence-electron chi connectivity index (χ4n) is 1.26. The van der Waals surface area contributed by atoms with Crippen molar-refractivity contribution in [1.29, 1.82) is 0 Å². The lowest BCUT2D eigenvalue weighted by Gasteiger charge is -2.00. The molecule has 6 heteroatoms. The van der Waals surface area contributed by atoms with Crippen molar-refractivity contribution < 1.29 is 9.18 Å². The minimum atomic E-state index is -0.349. The third-order valence-corrected chi connectivity index (χ3v) is 2.66. The zero-order valence-corrected chi connectivity index (χ0v) is 9.66. The fourth-order valence-corrected chi connectivity index (χ4v) is 1.69. The van der Waals surface area contributed by atoms with Crippen LogP contribution in [0.15, 0.2) is 28.9 Å². The van der Waals surface area contributed by atoms with Crippen LogP contribution in [-0.2, 0) is 6.42 Å². The molecule has 0 unspecified atom stereocenters. The van der Waals surface area contributed by atoms with Crippen LogP contribution in [0.3, 0.4) is 0 Å². The van der Waals surface area contributed by atoms with Crippen molar-refractivity contribution in [2.24, 2.45) is 0 Å². The first-order valence-electron chi connectivity index (χ1n) is 4.49. The van der Waals surface area contributed by atoms with Crippen LogP contribution in [0.1, 0.15) is 16.1 Å². The van der Waals surface area contributed by atoms with Gasteiger partial charge >= 0.3 is 0 Å². The largest absolute Gasteiger partial charge is 0.292 e. The van der Waals surface area contributed by atoms with Crippen molar-refractivity contribution in [3.05, 3.63) is 45.9 Å². The van der Waals surface area contributed by atoms with Gasteiger partial charge < -0.3 is 0 Å². The molecule has 0 fully saturated rings. The second kappa shape index (κ2) is 4.52. The number of Topliss-reactive ketones (excluding diaryl/α,β-unsaturated/α-hetero) is 1. The Labute approximate surface area is 99.0 Å². The molecule has 0 aliphatic rings. The number of nitrogens with zero attached hydrogens (tertiary/aromatic N) is 2. The number of H-pyrrole nitrogens is 1. The van der Waals surface area contributed by atoms with Gasteiger partial charge in [0.2, 0.25) is 0 Å². The molecule has 2 rings (SSSR count). The van der Waals surface area contributed by atoms with Gasteiger partial charge in [0.25, 0.3) is 0 Å². The van der Waals surface area contributed by atoms with Crippen molar-refractivity contribution in [1.82, 2.24) is 15.4 Å². The lowest BCUT2D eigenvalue weighted by atomic mass is 10.1. The number of carbonyl (C=O) groups is 1. The number of hydrogen-bond acceptors (Lipinski definition) is 3. The normalized spacial score (nSPS) is 10.4. The van der Waals surface area contributed by atoms with Gasteiger partial charge in [-0.05, 0) is 33.6 Å². The van der Waals surface area contributed by atoms with E-state index in [1.54, 1.807) is 12.1 Å². The number of aromatic nitrogens is 3. The van der Waals surface area contributed by atoms with Gasteiger partial charge in [-0.15, -0.1) is 0 Å². The standard InChI is InChI=1S/C10H7BrFN3O/c11-7-3-6(1-2-8(7)12)4-10(16)9-5-13-15-14-9/h1-3,5H,4H2,(H,13,14,15). The molecule has 0 aliphatic heterocycles. The zero-order valence-electron chi connectivity index (χ0n) is 8.08. The summed E-state index contributed by atoms with van der Waals surface area (Å²) in [6.07, 6.45) is 1.53. The summed E-state index contributed by atoms with van der Waals surface area (Å²) in [6.45, 7) is 0. The van der Waals surface area contributed by atoms with E-state index in [4.69, 9.17) is 0 Å². The van der Waals surface area contributed by atoms with E-state index < -0.39 is 0 Å².